The molecule has 0 N–H and O–H groups in total. The van der Waals surface area contributed by atoms with E-state index in [2.05, 4.69) is 31.9 Å². The molecule has 11 heavy (non-hydrogen) atoms. The minimum absolute atomic E-state index is 0.301. The van der Waals surface area contributed by atoms with E-state index in [9.17, 15) is 4.39 Å². The minimum Gasteiger partial charge on any atom is -0.494 e. The molecule has 0 unspecified atom stereocenters. The standard InChI is InChI=1S/C7H5Br2FO/c1-11-7-5(8)2-4(10)3-6(7)9/h2-3H,1H3. The molecule has 0 bridgehead atoms. The van der Waals surface area contributed by atoms with Gasteiger partial charge in [-0.2, -0.15) is 0 Å². The van der Waals surface area contributed by atoms with E-state index in [1.165, 1.54) is 19.2 Å². The lowest BCUT2D eigenvalue weighted by Gasteiger charge is -2.04. The summed E-state index contributed by atoms with van der Waals surface area (Å²) in [6, 6.07) is 2.70. The molecule has 0 aliphatic rings. The largest absolute Gasteiger partial charge is 0.494 e. The molecule has 1 nitrogen and oxygen atoms in total. The van der Waals surface area contributed by atoms with Crippen LogP contribution in [0.1, 0.15) is 0 Å². The van der Waals surface area contributed by atoms with Gasteiger partial charge in [-0.1, -0.05) is 0 Å². The number of ether oxygens (including phenoxy) is 1. The highest BCUT2D eigenvalue weighted by Crippen LogP contribution is 2.33. The van der Waals surface area contributed by atoms with E-state index in [1.54, 1.807) is 0 Å². The second-order valence-electron chi connectivity index (χ2n) is 1.90. The maximum Gasteiger partial charge on any atom is 0.147 e. The Labute approximate surface area is 80.8 Å². The van der Waals surface area contributed by atoms with Crippen molar-refractivity contribution in [2.24, 2.45) is 0 Å². The Bertz CT molecular complexity index is 252. The van der Waals surface area contributed by atoms with Crippen LogP contribution >= 0.6 is 31.9 Å². The van der Waals surface area contributed by atoms with E-state index >= 15 is 0 Å². The van der Waals surface area contributed by atoms with Crippen molar-refractivity contribution in [2.45, 2.75) is 0 Å². The minimum atomic E-state index is -0.301. The second-order valence-corrected chi connectivity index (χ2v) is 3.61. The summed E-state index contributed by atoms with van der Waals surface area (Å²) in [6.45, 7) is 0. The fourth-order valence-corrected chi connectivity index (χ4v) is 2.18. The number of hydrogen-bond acceptors (Lipinski definition) is 1. The summed E-state index contributed by atoms with van der Waals surface area (Å²) in [4.78, 5) is 0. The summed E-state index contributed by atoms with van der Waals surface area (Å²) in [7, 11) is 1.53. The molecule has 0 saturated carbocycles. The summed E-state index contributed by atoms with van der Waals surface area (Å²) in [5, 5.41) is 0. The molecule has 1 rings (SSSR count). The lowest BCUT2D eigenvalue weighted by atomic mass is 10.3. The van der Waals surface area contributed by atoms with Crippen LogP contribution in [0.15, 0.2) is 21.1 Å². The average molecular weight is 284 g/mol. The summed E-state index contributed by atoms with van der Waals surface area (Å²) < 4.78 is 18.8. The highest BCUT2D eigenvalue weighted by Gasteiger charge is 2.06. The van der Waals surface area contributed by atoms with Gasteiger partial charge in [-0.15, -0.1) is 0 Å². The molecule has 0 amide bonds. The van der Waals surface area contributed by atoms with Gasteiger partial charge in [-0.25, -0.2) is 4.39 Å². The Morgan fingerprint density at radius 3 is 2.09 bits per heavy atom. The smallest absolute Gasteiger partial charge is 0.147 e. The van der Waals surface area contributed by atoms with E-state index in [1.807, 2.05) is 0 Å². The van der Waals surface area contributed by atoms with Crippen molar-refractivity contribution in [1.29, 1.82) is 0 Å². The monoisotopic (exact) mass is 282 g/mol. The Kier molecular flexibility index (Phi) is 2.90. The van der Waals surface area contributed by atoms with Gasteiger partial charge in [0.2, 0.25) is 0 Å². The summed E-state index contributed by atoms with van der Waals surface area (Å²) in [6.07, 6.45) is 0. The Morgan fingerprint density at radius 1 is 1.27 bits per heavy atom. The number of benzene rings is 1. The van der Waals surface area contributed by atoms with E-state index in [0.29, 0.717) is 14.7 Å². The van der Waals surface area contributed by atoms with E-state index in [-0.39, 0.29) is 5.82 Å². The Morgan fingerprint density at radius 2 is 1.73 bits per heavy atom. The third kappa shape index (κ3) is 1.93. The predicted octanol–water partition coefficient (Wildman–Crippen LogP) is 3.36. The first-order chi connectivity index (χ1) is 5.15. The highest BCUT2D eigenvalue weighted by atomic mass is 79.9. The predicted molar refractivity (Wildman–Crippen MR) is 48.4 cm³/mol. The fourth-order valence-electron chi connectivity index (χ4n) is 0.724. The molecular weight excluding hydrogens is 279 g/mol. The Balaban J connectivity index is 3.25. The summed E-state index contributed by atoms with van der Waals surface area (Å²) in [5.74, 6) is 0.302. The third-order valence-corrected chi connectivity index (χ3v) is 2.35. The molecule has 0 saturated heterocycles. The van der Waals surface area contributed by atoms with Crippen molar-refractivity contribution >= 4 is 31.9 Å². The third-order valence-electron chi connectivity index (χ3n) is 1.17. The maximum absolute atomic E-state index is 12.6. The first-order valence-electron chi connectivity index (χ1n) is 2.83. The van der Waals surface area contributed by atoms with Crippen LogP contribution in [0, 0.1) is 5.82 Å². The average Bonchev–Trinajstić information content (AvgIpc) is 1.85. The van der Waals surface area contributed by atoms with E-state index < -0.39 is 0 Å². The molecule has 0 atom stereocenters. The van der Waals surface area contributed by atoms with Gasteiger partial charge in [0.05, 0.1) is 16.1 Å². The van der Waals surface area contributed by atoms with Crippen molar-refractivity contribution in [1.82, 2.24) is 0 Å². The van der Waals surface area contributed by atoms with Gasteiger partial charge >= 0.3 is 0 Å². The molecule has 0 heterocycles. The van der Waals surface area contributed by atoms with Gasteiger partial charge in [0.1, 0.15) is 11.6 Å². The topological polar surface area (TPSA) is 9.23 Å². The molecule has 1 aromatic rings. The zero-order valence-corrected chi connectivity index (χ0v) is 8.87. The lowest BCUT2D eigenvalue weighted by molar-refractivity contribution is 0.408. The summed E-state index contributed by atoms with van der Waals surface area (Å²) >= 11 is 6.33. The molecule has 1 aromatic carbocycles. The van der Waals surface area contributed by atoms with E-state index in [0.717, 1.165) is 0 Å². The molecule has 0 aliphatic carbocycles. The Hall–Kier alpha value is -0.0900. The van der Waals surface area contributed by atoms with Crippen LogP contribution in [0.25, 0.3) is 0 Å². The quantitative estimate of drug-likeness (QED) is 0.768. The second kappa shape index (κ2) is 3.54. The van der Waals surface area contributed by atoms with E-state index in [4.69, 9.17) is 4.74 Å². The zero-order valence-electron chi connectivity index (χ0n) is 5.70. The molecule has 0 aromatic heterocycles. The molecule has 0 fully saturated rings. The molecule has 0 spiro atoms. The van der Waals surface area contributed by atoms with Crippen molar-refractivity contribution in [3.8, 4) is 5.75 Å². The van der Waals surface area contributed by atoms with Crippen LogP contribution in [0.2, 0.25) is 0 Å². The first kappa shape index (κ1) is 9.00. The SMILES string of the molecule is COc1c(Br)cc(F)cc1Br. The van der Waals surface area contributed by atoms with Gasteiger partial charge in [-0.3, -0.25) is 0 Å². The normalized spacial score (nSPS) is 9.82. The highest BCUT2D eigenvalue weighted by molar-refractivity contribution is 9.11. The van der Waals surface area contributed by atoms with Crippen molar-refractivity contribution in [3.05, 3.63) is 26.9 Å². The number of halogens is 3. The number of rotatable bonds is 1. The van der Waals surface area contributed by atoms with Gasteiger partial charge < -0.3 is 4.74 Å². The van der Waals surface area contributed by atoms with Crippen molar-refractivity contribution in [3.63, 3.8) is 0 Å². The van der Waals surface area contributed by atoms with Gasteiger partial charge in [0.15, 0.2) is 0 Å². The van der Waals surface area contributed by atoms with Gasteiger partial charge in [0.25, 0.3) is 0 Å². The van der Waals surface area contributed by atoms with Crippen LogP contribution in [-0.4, -0.2) is 7.11 Å². The van der Waals surface area contributed by atoms with Crippen LogP contribution in [0.5, 0.6) is 5.75 Å². The van der Waals surface area contributed by atoms with Crippen molar-refractivity contribution in [2.75, 3.05) is 7.11 Å². The lowest BCUT2D eigenvalue weighted by Crippen LogP contribution is -1.87. The maximum atomic E-state index is 12.6. The van der Waals surface area contributed by atoms with Crippen LogP contribution in [-0.2, 0) is 0 Å². The molecule has 60 valence electrons. The van der Waals surface area contributed by atoms with Crippen molar-refractivity contribution < 1.29 is 9.13 Å². The summed E-state index contributed by atoms with van der Waals surface area (Å²) in [5.41, 5.74) is 0. The molecule has 0 aliphatic heterocycles. The van der Waals surface area contributed by atoms with Crippen LogP contribution in [0.4, 0.5) is 4.39 Å². The van der Waals surface area contributed by atoms with Gasteiger partial charge in [-0.05, 0) is 44.0 Å². The number of methoxy groups -OCH3 is 1. The molecular formula is C7H5Br2FO. The van der Waals surface area contributed by atoms with Gasteiger partial charge in [0, 0.05) is 0 Å². The van der Waals surface area contributed by atoms with Crippen LogP contribution in [0.3, 0.4) is 0 Å². The number of hydrogen-bond donors (Lipinski definition) is 0. The first-order valence-corrected chi connectivity index (χ1v) is 4.42. The zero-order chi connectivity index (χ0) is 8.43. The fraction of sp³-hybridized carbons (Fsp3) is 0.143. The van der Waals surface area contributed by atoms with Crippen LogP contribution < -0.4 is 4.74 Å². The molecule has 0 radical (unpaired) electrons. The molecule has 4 heteroatoms.